The molecule has 3 nitrogen and oxygen atoms in total. The van der Waals surface area contributed by atoms with E-state index in [4.69, 9.17) is 0 Å². The standard InChI is InChI=1S/C8H16NO.C4H10N.W/c1-4-9-6-7(2)5-8(3)10;1-4-5(2)3;/h7,9H,3-6H2,1-2H3;2,4H2,1,3H3;/q2*-1;+2. The summed E-state index contributed by atoms with van der Waals surface area (Å²) in [7, 11) is 5.53. The van der Waals surface area contributed by atoms with Crippen molar-refractivity contribution in [2.45, 2.75) is 27.2 Å². The van der Waals surface area contributed by atoms with E-state index in [-0.39, 0.29) is 26.8 Å². The zero-order chi connectivity index (χ0) is 12.3. The van der Waals surface area contributed by atoms with E-state index in [0.717, 1.165) is 19.6 Å². The molecule has 0 radical (unpaired) electrons. The van der Waals surface area contributed by atoms with Gasteiger partial charge in [0.05, 0.1) is 0 Å². The molecule has 16 heavy (non-hydrogen) atoms. The summed E-state index contributed by atoms with van der Waals surface area (Å²) < 4.78 is 0. The molecule has 1 unspecified atom stereocenters. The van der Waals surface area contributed by atoms with Crippen LogP contribution in [0, 0.1) is 19.9 Å². The zero-order valence-electron chi connectivity index (χ0n) is 11.1. The molecule has 0 aliphatic carbocycles. The maximum Gasteiger partial charge on any atom is 2.00 e. The first-order valence-electron chi connectivity index (χ1n) is 5.51. The second-order valence-corrected chi connectivity index (χ2v) is 3.83. The molecule has 0 fully saturated rings. The fourth-order valence-electron chi connectivity index (χ4n) is 0.852. The Labute approximate surface area is 116 Å². The molecule has 0 aromatic heterocycles. The SMILES string of the molecule is [CH2-]C(=O)CC(C)CNCC.[CH2-]N(C)CC.[W+2]. The van der Waals surface area contributed by atoms with Gasteiger partial charge in [-0.2, -0.15) is 0 Å². The monoisotopic (exact) mass is 398 g/mol. The van der Waals surface area contributed by atoms with E-state index < -0.39 is 0 Å². The number of carbonyl (C=O) groups excluding carboxylic acids is 1. The van der Waals surface area contributed by atoms with E-state index in [2.05, 4.69) is 33.1 Å². The molecule has 0 aromatic rings. The topological polar surface area (TPSA) is 32.3 Å². The van der Waals surface area contributed by atoms with E-state index >= 15 is 0 Å². The van der Waals surface area contributed by atoms with Crippen molar-refractivity contribution in [3.8, 4) is 0 Å². The fourth-order valence-corrected chi connectivity index (χ4v) is 0.852. The van der Waals surface area contributed by atoms with Gasteiger partial charge in [-0.3, -0.25) is 7.05 Å². The molecule has 1 N–H and O–H groups in total. The van der Waals surface area contributed by atoms with E-state index in [9.17, 15) is 4.79 Å². The number of ketones is 1. The molecular formula is C12H26N2OW. The number of carbonyl (C=O) groups is 1. The second kappa shape index (κ2) is 15.1. The fraction of sp³-hybridized carbons (Fsp3) is 0.750. The van der Waals surface area contributed by atoms with Crippen molar-refractivity contribution in [2.75, 3.05) is 26.7 Å². The largest absolute Gasteiger partial charge is 2.00 e. The van der Waals surface area contributed by atoms with Crippen molar-refractivity contribution in [3.05, 3.63) is 14.0 Å². The Morgan fingerprint density at radius 3 is 2.12 bits per heavy atom. The van der Waals surface area contributed by atoms with Crippen molar-refractivity contribution in [3.63, 3.8) is 0 Å². The average molecular weight is 398 g/mol. The van der Waals surface area contributed by atoms with Crippen LogP contribution in [-0.4, -0.2) is 37.4 Å². The Morgan fingerprint density at radius 1 is 1.44 bits per heavy atom. The third-order valence-electron chi connectivity index (χ3n) is 1.86. The Kier molecular flexibility index (Phi) is 20.3. The summed E-state index contributed by atoms with van der Waals surface area (Å²) in [6.45, 7) is 12.4. The summed E-state index contributed by atoms with van der Waals surface area (Å²) >= 11 is 0. The molecule has 0 aromatic carbocycles. The van der Waals surface area contributed by atoms with Gasteiger partial charge in [0.1, 0.15) is 0 Å². The van der Waals surface area contributed by atoms with Gasteiger partial charge < -0.3 is 21.9 Å². The summed E-state index contributed by atoms with van der Waals surface area (Å²) in [5.41, 5.74) is 0. The number of Topliss-reactive ketones (excluding diaryl/α,β-unsaturated/α-hetero) is 1. The van der Waals surface area contributed by atoms with E-state index in [1.54, 1.807) is 0 Å². The molecule has 1 atom stereocenters. The van der Waals surface area contributed by atoms with Gasteiger partial charge in [-0.25, -0.2) is 0 Å². The Bertz CT molecular complexity index is 152. The van der Waals surface area contributed by atoms with Crippen molar-refractivity contribution in [1.82, 2.24) is 10.2 Å². The maximum absolute atomic E-state index is 10.5. The van der Waals surface area contributed by atoms with Gasteiger partial charge in [0.2, 0.25) is 0 Å². The van der Waals surface area contributed by atoms with Gasteiger partial charge in [-0.15, -0.1) is 0 Å². The van der Waals surface area contributed by atoms with Crippen LogP contribution in [0.25, 0.3) is 0 Å². The van der Waals surface area contributed by atoms with Gasteiger partial charge in [0, 0.05) is 0 Å². The minimum Gasteiger partial charge on any atom is -0.462 e. The Balaban J connectivity index is -0.000000242. The maximum atomic E-state index is 10.5. The Hall–Kier alpha value is 0.148. The van der Waals surface area contributed by atoms with Crippen LogP contribution in [0.15, 0.2) is 0 Å². The molecule has 0 saturated heterocycles. The molecule has 0 bridgehead atoms. The predicted octanol–water partition coefficient (Wildman–Crippen LogP) is 1.75. The molecule has 0 saturated carbocycles. The second-order valence-electron chi connectivity index (χ2n) is 3.83. The van der Waals surface area contributed by atoms with Crippen LogP contribution in [0.2, 0.25) is 0 Å². The minimum atomic E-state index is 0. The normalized spacial score (nSPS) is 11.1. The minimum absolute atomic E-state index is 0. The molecule has 0 aliphatic heterocycles. The van der Waals surface area contributed by atoms with Crippen LogP contribution in [0.4, 0.5) is 0 Å². The zero-order valence-corrected chi connectivity index (χ0v) is 14.0. The summed E-state index contributed by atoms with van der Waals surface area (Å²) in [5.74, 6) is 0.454. The molecule has 0 spiro atoms. The third kappa shape index (κ3) is 23.7. The van der Waals surface area contributed by atoms with Crippen LogP contribution in [0.3, 0.4) is 0 Å². The smallest absolute Gasteiger partial charge is 0.462 e. The van der Waals surface area contributed by atoms with E-state index in [0.29, 0.717) is 12.3 Å². The molecule has 4 heteroatoms. The first-order valence-corrected chi connectivity index (χ1v) is 5.51. The van der Waals surface area contributed by atoms with Crippen molar-refractivity contribution < 1.29 is 25.9 Å². The molecule has 0 amide bonds. The first kappa shape index (κ1) is 21.4. The molecule has 0 rings (SSSR count). The molecule has 96 valence electrons. The van der Waals surface area contributed by atoms with Gasteiger partial charge in [0.15, 0.2) is 0 Å². The van der Waals surface area contributed by atoms with Crippen LogP contribution >= 0.6 is 0 Å². The first-order chi connectivity index (χ1) is 6.93. The van der Waals surface area contributed by atoms with Crippen LogP contribution in [0.1, 0.15) is 27.2 Å². The van der Waals surface area contributed by atoms with Gasteiger partial charge >= 0.3 is 21.1 Å². The summed E-state index contributed by atoms with van der Waals surface area (Å²) in [5, 5.41) is 3.17. The number of hydrogen-bond acceptors (Lipinski definition) is 3. The van der Waals surface area contributed by atoms with Crippen molar-refractivity contribution in [2.24, 2.45) is 5.92 Å². The van der Waals surface area contributed by atoms with E-state index in [1.165, 1.54) is 0 Å². The number of hydrogen-bond donors (Lipinski definition) is 1. The van der Waals surface area contributed by atoms with Crippen molar-refractivity contribution in [1.29, 1.82) is 0 Å². The van der Waals surface area contributed by atoms with Crippen LogP contribution in [-0.2, 0) is 25.9 Å². The molecule has 0 heterocycles. The molecular weight excluding hydrogens is 372 g/mol. The number of rotatable bonds is 6. The van der Waals surface area contributed by atoms with Gasteiger partial charge in [-0.1, -0.05) is 20.8 Å². The third-order valence-corrected chi connectivity index (χ3v) is 1.86. The quantitative estimate of drug-likeness (QED) is 0.693. The summed E-state index contributed by atoms with van der Waals surface area (Å²) in [4.78, 5) is 12.4. The van der Waals surface area contributed by atoms with Crippen molar-refractivity contribution >= 4 is 5.78 Å². The summed E-state index contributed by atoms with van der Waals surface area (Å²) in [6, 6.07) is 0. The van der Waals surface area contributed by atoms with E-state index in [1.807, 2.05) is 18.9 Å². The number of nitrogens with one attached hydrogen (secondary N) is 1. The van der Waals surface area contributed by atoms with Gasteiger partial charge in [-0.05, 0) is 44.8 Å². The van der Waals surface area contributed by atoms with Crippen LogP contribution in [0.5, 0.6) is 0 Å². The molecule has 0 aliphatic rings. The van der Waals surface area contributed by atoms with Crippen LogP contribution < -0.4 is 5.32 Å². The predicted molar refractivity (Wildman–Crippen MR) is 66.3 cm³/mol. The average Bonchev–Trinajstić information content (AvgIpc) is 2.14. The van der Waals surface area contributed by atoms with Gasteiger partial charge in [0.25, 0.3) is 0 Å². The Morgan fingerprint density at radius 2 is 1.88 bits per heavy atom. The number of nitrogens with zero attached hydrogens (tertiary/aromatic N) is 1. The summed E-state index contributed by atoms with van der Waals surface area (Å²) in [6.07, 6.45) is 0.590.